The summed E-state index contributed by atoms with van der Waals surface area (Å²) in [4.78, 5) is 28.4. The smallest absolute Gasteiger partial charge is 0.296 e. The second-order valence-electron chi connectivity index (χ2n) is 7.05. The van der Waals surface area contributed by atoms with Gasteiger partial charge < -0.3 is 13.7 Å². The van der Waals surface area contributed by atoms with Crippen LogP contribution in [-0.4, -0.2) is 18.2 Å². The first-order chi connectivity index (χ1) is 14.9. The van der Waals surface area contributed by atoms with Gasteiger partial charge in [0.2, 0.25) is 5.76 Å². The molecule has 0 fully saturated rings. The zero-order valence-electron chi connectivity index (χ0n) is 16.3. The van der Waals surface area contributed by atoms with E-state index in [1.807, 2.05) is 0 Å². The summed E-state index contributed by atoms with van der Waals surface area (Å²) in [6, 6.07) is 10.8. The quantitative estimate of drug-likeness (QED) is 0.423. The van der Waals surface area contributed by atoms with Crippen molar-refractivity contribution >= 4 is 45.9 Å². The Bertz CT molecular complexity index is 1430. The Hall–Kier alpha value is -3.29. The molecule has 1 amide bonds. The summed E-state index contributed by atoms with van der Waals surface area (Å²) < 4.78 is 16.6. The van der Waals surface area contributed by atoms with E-state index in [2.05, 4.69) is 5.16 Å². The number of carbonyl (C=O) groups excluding carboxylic acids is 1. The van der Waals surface area contributed by atoms with Gasteiger partial charge in [0, 0.05) is 16.7 Å². The molecular formula is C22H14Cl2N2O5. The van der Waals surface area contributed by atoms with Gasteiger partial charge in [-0.05, 0) is 25.1 Å². The number of anilines is 1. The minimum atomic E-state index is -0.846. The van der Waals surface area contributed by atoms with Gasteiger partial charge in [-0.2, -0.15) is 0 Å². The second kappa shape index (κ2) is 7.14. The molecule has 3 heterocycles. The van der Waals surface area contributed by atoms with Crippen LogP contribution in [0.15, 0.2) is 56.2 Å². The topological polar surface area (TPSA) is 85.8 Å². The number of fused-ring (bicyclic) bond motifs is 2. The van der Waals surface area contributed by atoms with E-state index < -0.39 is 17.4 Å². The van der Waals surface area contributed by atoms with Crippen LogP contribution in [0.5, 0.6) is 5.75 Å². The minimum Gasteiger partial charge on any atom is -0.496 e. The highest BCUT2D eigenvalue weighted by Crippen LogP contribution is 2.44. The predicted octanol–water partition coefficient (Wildman–Crippen LogP) is 5.15. The molecule has 0 saturated heterocycles. The van der Waals surface area contributed by atoms with Crippen LogP contribution < -0.4 is 15.1 Å². The number of carbonyl (C=O) groups is 1. The highest BCUT2D eigenvalue weighted by molar-refractivity contribution is 6.38. The molecule has 7 nitrogen and oxygen atoms in total. The number of ether oxygens (including phenoxy) is 1. The normalized spacial score (nSPS) is 15.5. The van der Waals surface area contributed by atoms with Crippen molar-refractivity contribution < 1.29 is 18.5 Å². The number of benzene rings is 2. The van der Waals surface area contributed by atoms with Crippen molar-refractivity contribution in [1.29, 1.82) is 0 Å². The van der Waals surface area contributed by atoms with Crippen molar-refractivity contribution in [3.8, 4) is 5.75 Å². The zero-order valence-corrected chi connectivity index (χ0v) is 17.8. The molecule has 1 aliphatic rings. The Morgan fingerprint density at radius 2 is 1.90 bits per heavy atom. The molecule has 0 bridgehead atoms. The Morgan fingerprint density at radius 3 is 2.61 bits per heavy atom. The van der Waals surface area contributed by atoms with Crippen LogP contribution in [0, 0.1) is 6.92 Å². The largest absolute Gasteiger partial charge is 0.496 e. The number of hydrogen-bond acceptors (Lipinski definition) is 6. The first-order valence-electron chi connectivity index (χ1n) is 9.26. The average Bonchev–Trinajstić information content (AvgIpc) is 3.30. The molecule has 0 saturated carbocycles. The van der Waals surface area contributed by atoms with Gasteiger partial charge in [0.05, 0.1) is 23.1 Å². The van der Waals surface area contributed by atoms with Crippen molar-refractivity contribution in [3.63, 3.8) is 0 Å². The molecule has 2 aromatic carbocycles. The van der Waals surface area contributed by atoms with Crippen molar-refractivity contribution in [2.45, 2.75) is 13.0 Å². The Kier molecular flexibility index (Phi) is 4.53. The van der Waals surface area contributed by atoms with E-state index >= 15 is 0 Å². The monoisotopic (exact) mass is 456 g/mol. The lowest BCUT2D eigenvalue weighted by Crippen LogP contribution is -2.30. The van der Waals surface area contributed by atoms with Crippen LogP contribution in [-0.2, 0) is 0 Å². The number of aromatic nitrogens is 1. The van der Waals surface area contributed by atoms with Crippen LogP contribution >= 0.6 is 23.2 Å². The lowest BCUT2D eigenvalue weighted by molar-refractivity contribution is 0.0969. The summed E-state index contributed by atoms with van der Waals surface area (Å²) in [6.07, 6.45) is 0. The maximum Gasteiger partial charge on any atom is 0.296 e. The fourth-order valence-corrected chi connectivity index (χ4v) is 4.42. The van der Waals surface area contributed by atoms with E-state index in [4.69, 9.17) is 36.9 Å². The summed E-state index contributed by atoms with van der Waals surface area (Å²) in [7, 11) is 1.52. The van der Waals surface area contributed by atoms with Crippen molar-refractivity contribution in [3.05, 3.63) is 85.4 Å². The number of aryl methyl sites for hydroxylation is 1. The lowest BCUT2D eigenvalue weighted by Gasteiger charge is -2.23. The number of hydrogen-bond donors (Lipinski definition) is 0. The van der Waals surface area contributed by atoms with Gasteiger partial charge in [-0.15, -0.1) is 0 Å². The highest BCUT2D eigenvalue weighted by atomic mass is 35.5. The number of nitrogens with zero attached hydrogens (tertiary/aromatic N) is 2. The Balaban J connectivity index is 1.87. The molecule has 1 atom stereocenters. The van der Waals surface area contributed by atoms with Gasteiger partial charge in [0.15, 0.2) is 16.8 Å². The maximum absolute atomic E-state index is 13.6. The van der Waals surface area contributed by atoms with E-state index in [0.29, 0.717) is 17.1 Å². The number of amides is 1. The van der Waals surface area contributed by atoms with E-state index in [0.717, 1.165) is 0 Å². The first-order valence-corrected chi connectivity index (χ1v) is 10.0. The molecule has 2 aromatic heterocycles. The third-order valence-electron chi connectivity index (χ3n) is 5.19. The molecule has 4 aromatic rings. The van der Waals surface area contributed by atoms with Gasteiger partial charge in [-0.25, -0.2) is 0 Å². The molecule has 5 rings (SSSR count). The summed E-state index contributed by atoms with van der Waals surface area (Å²) in [5.41, 5.74) is 0.436. The van der Waals surface area contributed by atoms with Crippen molar-refractivity contribution in [2.24, 2.45) is 0 Å². The SMILES string of the molecule is COc1ccccc1C1c2c(oc3c(Cl)cc(Cl)cc3c2=O)C(=O)N1c1cc(C)on1. The molecule has 0 aliphatic carbocycles. The summed E-state index contributed by atoms with van der Waals surface area (Å²) in [6.45, 7) is 1.71. The van der Waals surface area contributed by atoms with Crippen LogP contribution in [0.3, 0.4) is 0 Å². The van der Waals surface area contributed by atoms with Crippen molar-refractivity contribution in [1.82, 2.24) is 5.16 Å². The maximum atomic E-state index is 13.6. The Morgan fingerprint density at radius 1 is 1.13 bits per heavy atom. The highest BCUT2D eigenvalue weighted by Gasteiger charge is 2.46. The minimum absolute atomic E-state index is 0.0973. The third-order valence-corrected chi connectivity index (χ3v) is 5.69. The van der Waals surface area contributed by atoms with Gasteiger partial charge in [-0.1, -0.05) is 46.6 Å². The molecule has 0 radical (unpaired) electrons. The summed E-state index contributed by atoms with van der Waals surface area (Å²) >= 11 is 12.4. The fraction of sp³-hybridized carbons (Fsp3) is 0.136. The third kappa shape index (κ3) is 2.92. The molecule has 31 heavy (non-hydrogen) atoms. The molecule has 1 aliphatic heterocycles. The predicted molar refractivity (Wildman–Crippen MR) is 115 cm³/mol. The van der Waals surface area contributed by atoms with Gasteiger partial charge in [0.25, 0.3) is 5.91 Å². The molecular weight excluding hydrogens is 443 g/mol. The van der Waals surface area contributed by atoms with E-state index in [9.17, 15) is 9.59 Å². The van der Waals surface area contributed by atoms with E-state index in [1.165, 1.54) is 24.1 Å². The fourth-order valence-electron chi connectivity index (χ4n) is 3.89. The summed E-state index contributed by atoms with van der Waals surface area (Å²) in [5.74, 6) is 0.610. The molecule has 1 unspecified atom stereocenters. The van der Waals surface area contributed by atoms with Gasteiger partial charge >= 0.3 is 0 Å². The van der Waals surface area contributed by atoms with Crippen LogP contribution in [0.25, 0.3) is 11.0 Å². The molecule has 0 spiro atoms. The summed E-state index contributed by atoms with van der Waals surface area (Å²) in [5, 5.41) is 4.60. The van der Waals surface area contributed by atoms with Gasteiger partial charge in [-0.3, -0.25) is 14.5 Å². The van der Waals surface area contributed by atoms with Gasteiger partial charge in [0.1, 0.15) is 17.6 Å². The number of para-hydroxylation sites is 1. The number of halogens is 2. The molecule has 0 N–H and O–H groups in total. The number of rotatable bonds is 3. The van der Waals surface area contributed by atoms with Crippen molar-refractivity contribution in [2.75, 3.05) is 12.0 Å². The number of methoxy groups -OCH3 is 1. The molecule has 9 heteroatoms. The van der Waals surface area contributed by atoms with Crippen LogP contribution in [0.2, 0.25) is 10.0 Å². The lowest BCUT2D eigenvalue weighted by atomic mass is 9.97. The average molecular weight is 457 g/mol. The zero-order chi connectivity index (χ0) is 21.9. The first kappa shape index (κ1) is 19.7. The Labute approximate surface area is 185 Å². The van der Waals surface area contributed by atoms with Crippen LogP contribution in [0.4, 0.5) is 5.82 Å². The second-order valence-corrected chi connectivity index (χ2v) is 7.90. The van der Waals surface area contributed by atoms with E-state index in [1.54, 1.807) is 37.3 Å². The van der Waals surface area contributed by atoms with Crippen LogP contribution in [0.1, 0.15) is 33.5 Å². The van der Waals surface area contributed by atoms with E-state index in [-0.39, 0.29) is 38.2 Å². The molecule has 156 valence electrons. The standard InChI is InChI=1S/C22H14Cl2N2O5/c1-10-7-16(25-31-10)26-18(12-5-3-4-6-15(12)29-2)17-19(27)13-8-11(23)9-14(24)20(13)30-21(17)22(26)28/h3-9,18H,1-2H3.